The standard InChI is InChI=1S/C16H20BrN3/c1-20(15-8-3-2-4-9-15)12-6-11-18-13-14-7-5-10-16(17)19-14/h2-5,7-10,18H,6,11-13H2,1H3. The van der Waals surface area contributed by atoms with E-state index < -0.39 is 0 Å². The van der Waals surface area contributed by atoms with Crippen LogP contribution in [0.5, 0.6) is 0 Å². The molecule has 0 bridgehead atoms. The van der Waals surface area contributed by atoms with Crippen LogP contribution in [0.25, 0.3) is 0 Å². The van der Waals surface area contributed by atoms with Crippen LogP contribution in [-0.4, -0.2) is 25.1 Å². The van der Waals surface area contributed by atoms with Gasteiger partial charge in [0.2, 0.25) is 0 Å². The van der Waals surface area contributed by atoms with Crippen molar-refractivity contribution < 1.29 is 0 Å². The minimum absolute atomic E-state index is 0.814. The molecule has 1 heterocycles. The van der Waals surface area contributed by atoms with Crippen molar-refractivity contribution in [1.29, 1.82) is 0 Å². The zero-order chi connectivity index (χ0) is 14.2. The Kier molecular flexibility index (Phi) is 6.02. The average Bonchev–Trinajstić information content (AvgIpc) is 2.48. The van der Waals surface area contributed by atoms with Gasteiger partial charge in [-0.2, -0.15) is 0 Å². The van der Waals surface area contributed by atoms with Crippen LogP contribution in [0.4, 0.5) is 5.69 Å². The maximum Gasteiger partial charge on any atom is 0.106 e. The number of hydrogen-bond donors (Lipinski definition) is 1. The molecule has 0 fully saturated rings. The first-order chi connectivity index (χ1) is 9.75. The molecule has 106 valence electrons. The normalized spacial score (nSPS) is 10.5. The van der Waals surface area contributed by atoms with Crippen molar-refractivity contribution >= 4 is 21.6 Å². The summed E-state index contributed by atoms with van der Waals surface area (Å²) in [5.74, 6) is 0. The van der Waals surface area contributed by atoms with Crippen molar-refractivity contribution in [3.63, 3.8) is 0 Å². The van der Waals surface area contributed by atoms with Gasteiger partial charge < -0.3 is 10.2 Å². The van der Waals surface area contributed by atoms with Crippen LogP contribution in [0.1, 0.15) is 12.1 Å². The fourth-order valence-electron chi connectivity index (χ4n) is 2.02. The molecular weight excluding hydrogens is 314 g/mol. The number of anilines is 1. The number of hydrogen-bond acceptors (Lipinski definition) is 3. The van der Waals surface area contributed by atoms with Gasteiger partial charge in [-0.15, -0.1) is 0 Å². The van der Waals surface area contributed by atoms with E-state index in [1.54, 1.807) is 0 Å². The molecule has 0 unspecified atom stereocenters. The predicted molar refractivity (Wildman–Crippen MR) is 88.0 cm³/mol. The number of para-hydroxylation sites is 1. The first-order valence-corrected chi connectivity index (χ1v) is 7.63. The topological polar surface area (TPSA) is 28.2 Å². The fourth-order valence-corrected chi connectivity index (χ4v) is 2.40. The summed E-state index contributed by atoms with van der Waals surface area (Å²) in [5, 5.41) is 3.43. The van der Waals surface area contributed by atoms with Gasteiger partial charge in [-0.25, -0.2) is 4.98 Å². The lowest BCUT2D eigenvalue weighted by atomic mass is 10.3. The van der Waals surface area contributed by atoms with Crippen molar-refractivity contribution in [2.24, 2.45) is 0 Å². The lowest BCUT2D eigenvalue weighted by Gasteiger charge is -2.19. The molecule has 1 aromatic heterocycles. The monoisotopic (exact) mass is 333 g/mol. The maximum absolute atomic E-state index is 4.40. The zero-order valence-electron chi connectivity index (χ0n) is 11.7. The van der Waals surface area contributed by atoms with Crippen LogP contribution in [0.2, 0.25) is 0 Å². The highest BCUT2D eigenvalue weighted by molar-refractivity contribution is 9.10. The molecule has 1 aromatic carbocycles. The van der Waals surface area contributed by atoms with E-state index in [9.17, 15) is 0 Å². The van der Waals surface area contributed by atoms with Crippen LogP contribution >= 0.6 is 15.9 Å². The Morgan fingerprint density at radius 2 is 1.90 bits per heavy atom. The number of aromatic nitrogens is 1. The minimum Gasteiger partial charge on any atom is -0.375 e. The Morgan fingerprint density at radius 1 is 1.10 bits per heavy atom. The Balaban J connectivity index is 1.64. The van der Waals surface area contributed by atoms with Gasteiger partial charge in [0, 0.05) is 25.8 Å². The molecule has 0 aliphatic heterocycles. The Labute approximate surface area is 129 Å². The first kappa shape index (κ1) is 15.0. The van der Waals surface area contributed by atoms with E-state index in [1.165, 1.54) is 5.69 Å². The summed E-state index contributed by atoms with van der Waals surface area (Å²) in [6.07, 6.45) is 1.11. The number of halogens is 1. The SMILES string of the molecule is CN(CCCNCc1cccc(Br)n1)c1ccccc1. The average molecular weight is 334 g/mol. The van der Waals surface area contributed by atoms with Crippen molar-refractivity contribution in [2.45, 2.75) is 13.0 Å². The van der Waals surface area contributed by atoms with Crippen molar-refractivity contribution in [2.75, 3.05) is 25.0 Å². The molecule has 2 rings (SSSR count). The van der Waals surface area contributed by atoms with Crippen LogP contribution in [0.15, 0.2) is 53.1 Å². The maximum atomic E-state index is 4.40. The molecule has 0 radical (unpaired) electrons. The second-order valence-corrected chi connectivity index (χ2v) is 5.55. The van der Waals surface area contributed by atoms with E-state index in [1.807, 2.05) is 24.3 Å². The van der Waals surface area contributed by atoms with Crippen molar-refractivity contribution in [3.05, 3.63) is 58.8 Å². The minimum atomic E-state index is 0.814. The smallest absolute Gasteiger partial charge is 0.106 e. The summed E-state index contributed by atoms with van der Waals surface area (Å²) in [7, 11) is 2.13. The lowest BCUT2D eigenvalue weighted by Crippen LogP contribution is -2.23. The molecule has 0 saturated carbocycles. The third-order valence-electron chi connectivity index (χ3n) is 3.12. The number of pyridine rings is 1. The number of nitrogens with zero attached hydrogens (tertiary/aromatic N) is 2. The van der Waals surface area contributed by atoms with Crippen molar-refractivity contribution in [1.82, 2.24) is 10.3 Å². The highest BCUT2D eigenvalue weighted by Crippen LogP contribution is 2.10. The van der Waals surface area contributed by atoms with E-state index in [-0.39, 0.29) is 0 Å². The summed E-state index contributed by atoms with van der Waals surface area (Å²) < 4.78 is 0.889. The van der Waals surface area contributed by atoms with Crippen LogP contribution < -0.4 is 10.2 Å². The molecule has 1 N–H and O–H groups in total. The fraction of sp³-hybridized carbons (Fsp3) is 0.312. The molecule has 3 nitrogen and oxygen atoms in total. The summed E-state index contributed by atoms with van der Waals surface area (Å²) in [6.45, 7) is 2.85. The molecular formula is C16H20BrN3. The van der Waals surface area contributed by atoms with Crippen LogP contribution in [-0.2, 0) is 6.54 Å². The van der Waals surface area contributed by atoms with Gasteiger partial charge in [0.15, 0.2) is 0 Å². The van der Waals surface area contributed by atoms with Gasteiger partial charge in [0.1, 0.15) is 4.60 Å². The summed E-state index contributed by atoms with van der Waals surface area (Å²) in [6, 6.07) is 16.5. The van der Waals surface area contributed by atoms with E-state index in [0.717, 1.165) is 36.4 Å². The van der Waals surface area contributed by atoms with Gasteiger partial charge in [-0.1, -0.05) is 24.3 Å². The number of benzene rings is 1. The molecule has 0 spiro atoms. The van der Waals surface area contributed by atoms with Crippen LogP contribution in [0, 0.1) is 0 Å². The molecule has 0 aliphatic carbocycles. The Morgan fingerprint density at radius 3 is 2.65 bits per heavy atom. The third-order valence-corrected chi connectivity index (χ3v) is 3.56. The van der Waals surface area contributed by atoms with E-state index in [0.29, 0.717) is 0 Å². The number of nitrogens with one attached hydrogen (secondary N) is 1. The Bertz CT molecular complexity index is 516. The summed E-state index contributed by atoms with van der Waals surface area (Å²) >= 11 is 3.38. The highest BCUT2D eigenvalue weighted by Gasteiger charge is 1.99. The second-order valence-electron chi connectivity index (χ2n) is 4.74. The van der Waals surface area contributed by atoms with Gasteiger partial charge in [-0.05, 0) is 53.2 Å². The van der Waals surface area contributed by atoms with Crippen molar-refractivity contribution in [3.8, 4) is 0 Å². The van der Waals surface area contributed by atoms with Gasteiger partial charge >= 0.3 is 0 Å². The molecule has 0 amide bonds. The van der Waals surface area contributed by atoms with E-state index in [2.05, 4.69) is 62.4 Å². The first-order valence-electron chi connectivity index (χ1n) is 6.84. The van der Waals surface area contributed by atoms with Gasteiger partial charge in [-0.3, -0.25) is 0 Å². The summed E-state index contributed by atoms with van der Waals surface area (Å²) in [5.41, 5.74) is 2.33. The molecule has 20 heavy (non-hydrogen) atoms. The molecule has 0 aliphatic rings. The largest absolute Gasteiger partial charge is 0.375 e. The predicted octanol–water partition coefficient (Wildman–Crippen LogP) is 3.46. The van der Waals surface area contributed by atoms with E-state index >= 15 is 0 Å². The molecule has 4 heteroatoms. The molecule has 0 saturated heterocycles. The Hall–Kier alpha value is -1.39. The van der Waals surface area contributed by atoms with Crippen LogP contribution in [0.3, 0.4) is 0 Å². The van der Waals surface area contributed by atoms with E-state index in [4.69, 9.17) is 0 Å². The third kappa shape index (κ3) is 4.94. The van der Waals surface area contributed by atoms with Gasteiger partial charge in [0.05, 0.1) is 5.69 Å². The molecule has 2 aromatic rings. The van der Waals surface area contributed by atoms with Gasteiger partial charge in [0.25, 0.3) is 0 Å². The quantitative estimate of drug-likeness (QED) is 0.621. The highest BCUT2D eigenvalue weighted by atomic mass is 79.9. The number of rotatable bonds is 7. The second kappa shape index (κ2) is 8.02. The lowest BCUT2D eigenvalue weighted by molar-refractivity contribution is 0.637. The zero-order valence-corrected chi connectivity index (χ0v) is 13.3. The molecule has 0 atom stereocenters. The summed E-state index contributed by atoms with van der Waals surface area (Å²) in [4.78, 5) is 6.67.